The van der Waals surface area contributed by atoms with Gasteiger partial charge in [-0.1, -0.05) is 5.46 Å². The van der Waals surface area contributed by atoms with Gasteiger partial charge in [0.2, 0.25) is 5.88 Å². The molecule has 0 bridgehead atoms. The van der Waals surface area contributed by atoms with Crippen molar-refractivity contribution in [3.05, 3.63) is 17.3 Å². The fourth-order valence-corrected chi connectivity index (χ4v) is 1.01. The summed E-state index contributed by atoms with van der Waals surface area (Å²) in [5.74, 6) is 0.730. The zero-order valence-electron chi connectivity index (χ0n) is 7.43. The van der Waals surface area contributed by atoms with Gasteiger partial charge >= 0.3 is 0 Å². The first-order chi connectivity index (χ1) is 5.16. The SMILES string of the molecule is Bc1c(C)cnc(OC)c1C. The Balaban J connectivity index is 3.25. The van der Waals surface area contributed by atoms with Gasteiger partial charge in [0.05, 0.1) is 7.11 Å². The first-order valence-corrected chi connectivity index (χ1v) is 3.63. The summed E-state index contributed by atoms with van der Waals surface area (Å²) in [6.07, 6.45) is 1.83. The topological polar surface area (TPSA) is 22.1 Å². The highest BCUT2D eigenvalue weighted by Crippen LogP contribution is 2.10. The standard InChI is InChI=1S/C8H12BNO/c1-5-4-10-8(11-3)6(2)7(5)9/h4H,9H2,1-3H3. The predicted molar refractivity (Wildman–Crippen MR) is 48.4 cm³/mol. The van der Waals surface area contributed by atoms with Gasteiger partial charge in [0.1, 0.15) is 7.85 Å². The summed E-state index contributed by atoms with van der Waals surface area (Å²) in [7, 11) is 3.72. The summed E-state index contributed by atoms with van der Waals surface area (Å²) in [4.78, 5) is 4.13. The van der Waals surface area contributed by atoms with E-state index in [-0.39, 0.29) is 0 Å². The van der Waals surface area contributed by atoms with Crippen LogP contribution >= 0.6 is 0 Å². The van der Waals surface area contributed by atoms with E-state index in [1.54, 1.807) is 7.11 Å². The average Bonchev–Trinajstić information content (AvgIpc) is 2.01. The largest absolute Gasteiger partial charge is 0.481 e. The van der Waals surface area contributed by atoms with Gasteiger partial charge in [-0.15, -0.1) is 0 Å². The highest BCUT2D eigenvalue weighted by atomic mass is 16.5. The highest BCUT2D eigenvalue weighted by Gasteiger charge is 2.03. The lowest BCUT2D eigenvalue weighted by Crippen LogP contribution is -2.13. The molecule has 11 heavy (non-hydrogen) atoms. The van der Waals surface area contributed by atoms with Crippen molar-refractivity contribution in [1.82, 2.24) is 4.98 Å². The molecular formula is C8H12BNO. The lowest BCUT2D eigenvalue weighted by atomic mass is 9.88. The molecule has 2 nitrogen and oxygen atoms in total. The molecule has 1 rings (SSSR count). The first kappa shape index (κ1) is 8.11. The van der Waals surface area contributed by atoms with Crippen LogP contribution in [0.2, 0.25) is 0 Å². The van der Waals surface area contributed by atoms with Gasteiger partial charge in [-0.3, -0.25) is 0 Å². The van der Waals surface area contributed by atoms with Crippen LogP contribution in [0, 0.1) is 13.8 Å². The van der Waals surface area contributed by atoms with Crippen molar-refractivity contribution in [2.45, 2.75) is 13.8 Å². The Morgan fingerprint density at radius 3 is 2.64 bits per heavy atom. The van der Waals surface area contributed by atoms with Gasteiger partial charge in [0, 0.05) is 11.8 Å². The maximum absolute atomic E-state index is 5.07. The van der Waals surface area contributed by atoms with Gasteiger partial charge in [0.15, 0.2) is 0 Å². The van der Waals surface area contributed by atoms with Crippen LogP contribution in [0.15, 0.2) is 6.20 Å². The maximum atomic E-state index is 5.07. The second-order valence-corrected chi connectivity index (χ2v) is 2.70. The van der Waals surface area contributed by atoms with E-state index in [1.807, 2.05) is 13.1 Å². The van der Waals surface area contributed by atoms with E-state index < -0.39 is 0 Å². The molecule has 0 unspecified atom stereocenters. The molecule has 3 heteroatoms. The third kappa shape index (κ3) is 1.37. The van der Waals surface area contributed by atoms with E-state index in [9.17, 15) is 0 Å². The molecule has 0 aliphatic heterocycles. The summed E-state index contributed by atoms with van der Waals surface area (Å²) >= 11 is 0. The molecule has 1 heterocycles. The molecule has 0 aromatic carbocycles. The smallest absolute Gasteiger partial charge is 0.215 e. The van der Waals surface area contributed by atoms with Crippen LogP contribution in [-0.4, -0.2) is 19.9 Å². The molecule has 0 fully saturated rings. The van der Waals surface area contributed by atoms with Gasteiger partial charge < -0.3 is 4.74 Å². The lowest BCUT2D eigenvalue weighted by molar-refractivity contribution is 0.395. The summed E-state index contributed by atoms with van der Waals surface area (Å²) in [5.41, 5.74) is 3.60. The summed E-state index contributed by atoms with van der Waals surface area (Å²) in [6.45, 7) is 4.07. The Kier molecular flexibility index (Phi) is 2.18. The van der Waals surface area contributed by atoms with Crippen LogP contribution in [-0.2, 0) is 0 Å². The second kappa shape index (κ2) is 2.95. The van der Waals surface area contributed by atoms with Crippen LogP contribution in [0.4, 0.5) is 0 Å². The van der Waals surface area contributed by atoms with E-state index in [2.05, 4.69) is 19.8 Å². The maximum Gasteiger partial charge on any atom is 0.215 e. The van der Waals surface area contributed by atoms with Crippen LogP contribution in [0.3, 0.4) is 0 Å². The molecule has 58 valence electrons. The summed E-state index contributed by atoms with van der Waals surface area (Å²) in [6, 6.07) is 0. The Morgan fingerprint density at radius 1 is 1.45 bits per heavy atom. The third-order valence-corrected chi connectivity index (χ3v) is 2.04. The van der Waals surface area contributed by atoms with Gasteiger partial charge in [-0.25, -0.2) is 4.98 Å². The fourth-order valence-electron chi connectivity index (χ4n) is 1.01. The van der Waals surface area contributed by atoms with Crippen molar-refractivity contribution in [2.24, 2.45) is 0 Å². The molecule has 1 aromatic heterocycles. The minimum absolute atomic E-state index is 0.730. The Morgan fingerprint density at radius 2 is 2.09 bits per heavy atom. The minimum atomic E-state index is 0.730. The minimum Gasteiger partial charge on any atom is -0.481 e. The van der Waals surface area contributed by atoms with Crippen molar-refractivity contribution < 1.29 is 4.74 Å². The van der Waals surface area contributed by atoms with Gasteiger partial charge in [-0.05, 0) is 19.4 Å². The number of hydrogen-bond donors (Lipinski definition) is 0. The van der Waals surface area contributed by atoms with Crippen LogP contribution in [0.25, 0.3) is 0 Å². The van der Waals surface area contributed by atoms with Crippen molar-refractivity contribution in [3.8, 4) is 5.88 Å². The van der Waals surface area contributed by atoms with Crippen molar-refractivity contribution >= 4 is 13.3 Å². The molecule has 0 saturated carbocycles. The van der Waals surface area contributed by atoms with Crippen molar-refractivity contribution in [1.29, 1.82) is 0 Å². The Bertz CT molecular complexity index is 273. The van der Waals surface area contributed by atoms with Crippen LogP contribution < -0.4 is 10.2 Å². The van der Waals surface area contributed by atoms with Gasteiger partial charge in [0.25, 0.3) is 0 Å². The Hall–Kier alpha value is -0.985. The zero-order chi connectivity index (χ0) is 8.43. The predicted octanol–water partition coefficient (Wildman–Crippen LogP) is -0.0346. The van der Waals surface area contributed by atoms with E-state index in [0.717, 1.165) is 11.4 Å². The molecule has 0 aliphatic carbocycles. The fraction of sp³-hybridized carbons (Fsp3) is 0.375. The number of rotatable bonds is 1. The molecular weight excluding hydrogens is 137 g/mol. The average molecular weight is 149 g/mol. The van der Waals surface area contributed by atoms with E-state index in [4.69, 9.17) is 4.74 Å². The number of nitrogens with zero attached hydrogens (tertiary/aromatic N) is 1. The monoisotopic (exact) mass is 149 g/mol. The molecule has 1 aromatic rings. The molecule has 0 aliphatic rings. The molecule has 0 radical (unpaired) electrons. The number of pyridine rings is 1. The molecule has 0 saturated heterocycles. The zero-order valence-corrected chi connectivity index (χ0v) is 7.43. The van der Waals surface area contributed by atoms with Gasteiger partial charge in [-0.2, -0.15) is 0 Å². The highest BCUT2D eigenvalue weighted by molar-refractivity contribution is 6.34. The van der Waals surface area contributed by atoms with Crippen molar-refractivity contribution in [2.75, 3.05) is 7.11 Å². The third-order valence-electron chi connectivity index (χ3n) is 2.04. The quantitative estimate of drug-likeness (QED) is 0.523. The number of methoxy groups -OCH3 is 1. The second-order valence-electron chi connectivity index (χ2n) is 2.70. The molecule has 0 amide bonds. The van der Waals surface area contributed by atoms with Crippen LogP contribution in [0.5, 0.6) is 5.88 Å². The first-order valence-electron chi connectivity index (χ1n) is 3.63. The molecule has 0 atom stereocenters. The van der Waals surface area contributed by atoms with E-state index >= 15 is 0 Å². The number of ether oxygens (including phenoxy) is 1. The lowest BCUT2D eigenvalue weighted by Gasteiger charge is -2.07. The molecule has 0 spiro atoms. The Labute approximate surface area is 68.0 Å². The van der Waals surface area contributed by atoms with E-state index in [1.165, 1.54) is 11.0 Å². The number of aromatic nitrogens is 1. The number of hydrogen-bond acceptors (Lipinski definition) is 2. The van der Waals surface area contributed by atoms with Crippen LogP contribution in [0.1, 0.15) is 11.1 Å². The molecule has 0 N–H and O–H groups in total. The van der Waals surface area contributed by atoms with E-state index in [0.29, 0.717) is 0 Å². The summed E-state index contributed by atoms with van der Waals surface area (Å²) < 4.78 is 5.07. The van der Waals surface area contributed by atoms with Crippen molar-refractivity contribution in [3.63, 3.8) is 0 Å². The summed E-state index contributed by atoms with van der Waals surface area (Å²) in [5, 5.41) is 0. The number of aryl methyl sites for hydroxylation is 1. The normalized spacial score (nSPS) is 9.73.